The lowest BCUT2D eigenvalue weighted by atomic mass is 10.1. The van der Waals surface area contributed by atoms with Gasteiger partial charge in [0.2, 0.25) is 11.8 Å². The van der Waals surface area contributed by atoms with Crippen LogP contribution in [-0.4, -0.2) is 50.5 Å². The standard InChI is InChI=1S/C18H27N3O5/c1-4-24-18(25-5-2)10-21-14(9-17(19)23)11-26-16-7-6-13(8-15(16)21)20-12(3)22/h6-8,14,18H,4-5,9-11H2,1-3H3,(H2,19,23)(H,20,22). The van der Waals surface area contributed by atoms with Gasteiger partial charge in [-0.2, -0.15) is 0 Å². The van der Waals surface area contributed by atoms with Gasteiger partial charge in [-0.3, -0.25) is 9.59 Å². The van der Waals surface area contributed by atoms with Gasteiger partial charge in [0.1, 0.15) is 12.4 Å². The summed E-state index contributed by atoms with van der Waals surface area (Å²) in [5.74, 6) is 0.101. The molecule has 2 amide bonds. The van der Waals surface area contributed by atoms with Crippen molar-refractivity contribution in [1.29, 1.82) is 0 Å². The molecule has 1 unspecified atom stereocenters. The molecule has 8 heteroatoms. The second kappa shape index (κ2) is 9.40. The number of nitrogens with two attached hydrogens (primary N) is 1. The molecular formula is C18H27N3O5. The molecule has 0 aromatic heterocycles. The molecule has 2 rings (SSSR count). The van der Waals surface area contributed by atoms with Crippen molar-refractivity contribution in [2.45, 2.75) is 39.5 Å². The summed E-state index contributed by atoms with van der Waals surface area (Å²) in [6.07, 6.45) is -0.301. The number of carbonyl (C=O) groups excluding carboxylic acids is 2. The van der Waals surface area contributed by atoms with E-state index in [0.717, 1.165) is 5.69 Å². The lowest BCUT2D eigenvalue weighted by Gasteiger charge is -2.40. The Balaban J connectivity index is 2.33. The Bertz CT molecular complexity index is 631. The number of nitrogens with one attached hydrogen (secondary N) is 1. The lowest BCUT2D eigenvalue weighted by molar-refractivity contribution is -0.131. The van der Waals surface area contributed by atoms with Gasteiger partial charge in [-0.25, -0.2) is 0 Å². The molecule has 3 N–H and O–H groups in total. The minimum Gasteiger partial charge on any atom is -0.489 e. The third-order valence-corrected chi connectivity index (χ3v) is 3.95. The minimum atomic E-state index is -0.448. The number of fused-ring (bicyclic) bond motifs is 1. The molecule has 144 valence electrons. The molecule has 0 saturated heterocycles. The number of hydrogen-bond donors (Lipinski definition) is 2. The van der Waals surface area contributed by atoms with E-state index in [-0.39, 0.29) is 18.4 Å². The number of nitrogens with zero attached hydrogens (tertiary/aromatic N) is 1. The van der Waals surface area contributed by atoms with Crippen molar-refractivity contribution in [3.05, 3.63) is 18.2 Å². The van der Waals surface area contributed by atoms with Crippen LogP contribution < -0.4 is 20.7 Å². The van der Waals surface area contributed by atoms with Crippen molar-refractivity contribution in [2.75, 3.05) is 36.6 Å². The van der Waals surface area contributed by atoms with Crippen LogP contribution in [0.25, 0.3) is 0 Å². The molecule has 1 aliphatic rings. The summed E-state index contributed by atoms with van der Waals surface area (Å²) in [6.45, 7) is 7.01. The summed E-state index contributed by atoms with van der Waals surface area (Å²) in [5.41, 5.74) is 6.82. The van der Waals surface area contributed by atoms with E-state index in [0.29, 0.717) is 37.8 Å². The van der Waals surface area contributed by atoms with E-state index >= 15 is 0 Å². The quantitative estimate of drug-likeness (QED) is 0.643. The van der Waals surface area contributed by atoms with E-state index in [1.54, 1.807) is 12.1 Å². The molecular weight excluding hydrogens is 338 g/mol. The Morgan fingerprint density at radius 3 is 2.62 bits per heavy atom. The number of anilines is 2. The van der Waals surface area contributed by atoms with Crippen molar-refractivity contribution < 1.29 is 23.8 Å². The highest BCUT2D eigenvalue weighted by molar-refractivity contribution is 5.89. The zero-order valence-electron chi connectivity index (χ0n) is 15.5. The zero-order valence-corrected chi connectivity index (χ0v) is 15.5. The molecule has 0 fully saturated rings. The van der Waals surface area contributed by atoms with Gasteiger partial charge in [0.25, 0.3) is 0 Å². The monoisotopic (exact) mass is 365 g/mol. The van der Waals surface area contributed by atoms with Gasteiger partial charge in [-0.15, -0.1) is 0 Å². The highest BCUT2D eigenvalue weighted by Crippen LogP contribution is 2.37. The van der Waals surface area contributed by atoms with Crippen molar-refractivity contribution in [1.82, 2.24) is 0 Å². The van der Waals surface area contributed by atoms with Crippen LogP contribution >= 0.6 is 0 Å². The Morgan fingerprint density at radius 2 is 2.04 bits per heavy atom. The topological polar surface area (TPSA) is 103 Å². The highest BCUT2D eigenvalue weighted by Gasteiger charge is 2.31. The summed E-state index contributed by atoms with van der Waals surface area (Å²) in [4.78, 5) is 24.9. The van der Waals surface area contributed by atoms with Crippen molar-refractivity contribution in [3.8, 4) is 5.75 Å². The fraction of sp³-hybridized carbons (Fsp3) is 0.556. The summed E-state index contributed by atoms with van der Waals surface area (Å²) in [6, 6.07) is 5.15. The van der Waals surface area contributed by atoms with Gasteiger partial charge in [-0.1, -0.05) is 0 Å². The normalized spacial score (nSPS) is 16.2. The maximum absolute atomic E-state index is 11.5. The average Bonchev–Trinajstić information content (AvgIpc) is 2.56. The van der Waals surface area contributed by atoms with E-state index < -0.39 is 12.2 Å². The fourth-order valence-electron chi connectivity index (χ4n) is 2.95. The first-order chi connectivity index (χ1) is 12.4. The number of amides is 2. The van der Waals surface area contributed by atoms with Crippen LogP contribution in [0, 0.1) is 0 Å². The van der Waals surface area contributed by atoms with Crippen LogP contribution in [0.2, 0.25) is 0 Å². The van der Waals surface area contributed by atoms with Crippen LogP contribution in [-0.2, 0) is 19.1 Å². The first kappa shape index (κ1) is 20.0. The average molecular weight is 365 g/mol. The smallest absolute Gasteiger partial charge is 0.221 e. The number of benzene rings is 1. The van der Waals surface area contributed by atoms with Crippen molar-refractivity contribution >= 4 is 23.2 Å². The number of ether oxygens (including phenoxy) is 3. The van der Waals surface area contributed by atoms with Gasteiger partial charge in [-0.05, 0) is 32.0 Å². The third-order valence-electron chi connectivity index (χ3n) is 3.95. The largest absolute Gasteiger partial charge is 0.489 e. The third kappa shape index (κ3) is 5.34. The van der Waals surface area contributed by atoms with Gasteiger partial charge in [0.15, 0.2) is 6.29 Å². The Labute approximate surface area is 153 Å². The zero-order chi connectivity index (χ0) is 19.1. The Morgan fingerprint density at radius 1 is 1.35 bits per heavy atom. The Kier molecular flexibility index (Phi) is 7.23. The molecule has 1 aromatic carbocycles. The molecule has 0 bridgehead atoms. The summed E-state index contributed by atoms with van der Waals surface area (Å²) in [5, 5.41) is 2.76. The van der Waals surface area contributed by atoms with E-state index in [9.17, 15) is 9.59 Å². The Hall–Kier alpha value is -2.32. The predicted octanol–water partition coefficient (Wildman–Crippen LogP) is 1.49. The van der Waals surface area contributed by atoms with Crippen LogP contribution in [0.3, 0.4) is 0 Å². The maximum Gasteiger partial charge on any atom is 0.221 e. The molecule has 0 saturated carbocycles. The van der Waals surface area contributed by atoms with Crippen LogP contribution in [0.1, 0.15) is 27.2 Å². The summed E-state index contributed by atoms with van der Waals surface area (Å²) >= 11 is 0. The number of primary amides is 1. The van der Waals surface area contributed by atoms with Crippen LogP contribution in [0.15, 0.2) is 18.2 Å². The first-order valence-electron chi connectivity index (χ1n) is 8.77. The van der Waals surface area contributed by atoms with Crippen molar-refractivity contribution in [3.63, 3.8) is 0 Å². The van der Waals surface area contributed by atoms with Crippen LogP contribution in [0.4, 0.5) is 11.4 Å². The number of hydrogen-bond acceptors (Lipinski definition) is 6. The minimum absolute atomic E-state index is 0.148. The first-order valence-corrected chi connectivity index (χ1v) is 8.77. The second-order valence-corrected chi connectivity index (χ2v) is 5.99. The molecule has 1 aliphatic heterocycles. The summed E-state index contributed by atoms with van der Waals surface area (Å²) in [7, 11) is 0. The molecule has 1 heterocycles. The summed E-state index contributed by atoms with van der Waals surface area (Å²) < 4.78 is 17.1. The van der Waals surface area contributed by atoms with Gasteiger partial charge < -0.3 is 30.2 Å². The fourth-order valence-corrected chi connectivity index (χ4v) is 2.95. The van der Waals surface area contributed by atoms with Gasteiger partial charge >= 0.3 is 0 Å². The molecule has 1 aromatic rings. The SMILES string of the molecule is CCOC(CN1c2cc(NC(C)=O)ccc2OCC1CC(N)=O)OCC. The van der Waals surface area contributed by atoms with Crippen molar-refractivity contribution in [2.24, 2.45) is 5.73 Å². The molecule has 1 atom stereocenters. The lowest BCUT2D eigenvalue weighted by Crippen LogP contribution is -2.49. The highest BCUT2D eigenvalue weighted by atomic mass is 16.7. The molecule has 8 nitrogen and oxygen atoms in total. The van der Waals surface area contributed by atoms with E-state index in [1.165, 1.54) is 6.92 Å². The maximum atomic E-state index is 11.5. The molecule has 0 radical (unpaired) electrons. The number of rotatable bonds is 9. The van der Waals surface area contributed by atoms with E-state index in [1.807, 2.05) is 24.8 Å². The number of carbonyl (C=O) groups is 2. The van der Waals surface area contributed by atoms with Crippen LogP contribution in [0.5, 0.6) is 5.75 Å². The molecule has 0 spiro atoms. The second-order valence-electron chi connectivity index (χ2n) is 5.99. The molecule has 0 aliphatic carbocycles. The molecule has 26 heavy (non-hydrogen) atoms. The van der Waals surface area contributed by atoms with E-state index in [2.05, 4.69) is 5.32 Å². The van der Waals surface area contributed by atoms with E-state index in [4.69, 9.17) is 19.9 Å². The van der Waals surface area contributed by atoms with Gasteiger partial charge in [0.05, 0.1) is 24.7 Å². The predicted molar refractivity (Wildman–Crippen MR) is 98.2 cm³/mol. The van der Waals surface area contributed by atoms with Gasteiger partial charge in [0, 0.05) is 25.8 Å².